The van der Waals surface area contributed by atoms with E-state index >= 15 is 0 Å². The fourth-order valence-electron chi connectivity index (χ4n) is 2.05. The Balaban J connectivity index is 2.13. The molecule has 0 radical (unpaired) electrons. The van der Waals surface area contributed by atoms with E-state index in [0.717, 1.165) is 17.2 Å². The summed E-state index contributed by atoms with van der Waals surface area (Å²) in [4.78, 5) is 12.0. The van der Waals surface area contributed by atoms with Gasteiger partial charge in [-0.1, -0.05) is 35.9 Å². The van der Waals surface area contributed by atoms with E-state index < -0.39 is 23.0 Å². The van der Waals surface area contributed by atoms with E-state index in [1.165, 1.54) is 13.0 Å². The highest BCUT2D eigenvalue weighted by atomic mass is 19.1. The number of halogens is 2. The molecule has 20 heavy (non-hydrogen) atoms. The monoisotopic (exact) mass is 274 g/mol. The van der Waals surface area contributed by atoms with Crippen LogP contribution in [0, 0.1) is 25.5 Å². The lowest BCUT2D eigenvalue weighted by molar-refractivity contribution is 0.0974. The van der Waals surface area contributed by atoms with Crippen molar-refractivity contribution in [3.8, 4) is 0 Å². The van der Waals surface area contributed by atoms with Gasteiger partial charge in [0.2, 0.25) is 0 Å². The van der Waals surface area contributed by atoms with Gasteiger partial charge in [-0.3, -0.25) is 4.79 Å². The van der Waals surface area contributed by atoms with Crippen LogP contribution in [-0.2, 0) is 6.42 Å². The average molecular weight is 274 g/mol. The van der Waals surface area contributed by atoms with Crippen molar-refractivity contribution >= 4 is 5.78 Å². The minimum absolute atomic E-state index is 0.0976. The lowest BCUT2D eigenvalue weighted by Crippen LogP contribution is -2.08. The van der Waals surface area contributed by atoms with Gasteiger partial charge < -0.3 is 0 Å². The molecule has 0 amide bonds. The third-order valence-electron chi connectivity index (χ3n) is 3.32. The molecule has 0 bridgehead atoms. The molecular weight excluding hydrogens is 258 g/mol. The number of hydrogen-bond acceptors (Lipinski definition) is 1. The van der Waals surface area contributed by atoms with Gasteiger partial charge >= 0.3 is 0 Å². The second-order valence-electron chi connectivity index (χ2n) is 4.96. The molecule has 0 aliphatic rings. The molecule has 0 aromatic heterocycles. The summed E-state index contributed by atoms with van der Waals surface area (Å²) in [5.74, 6) is -2.04. The molecule has 2 aromatic carbocycles. The van der Waals surface area contributed by atoms with Crippen molar-refractivity contribution in [3.63, 3.8) is 0 Å². The minimum atomic E-state index is -0.790. The van der Waals surface area contributed by atoms with Gasteiger partial charge in [0.1, 0.15) is 11.6 Å². The standard InChI is InChI=1S/C17H16F2O/c1-11-3-6-13(7-4-11)8-10-15(20)16-14(18)9-5-12(2)17(16)19/h3-7,9H,8,10H2,1-2H3. The summed E-state index contributed by atoms with van der Waals surface area (Å²) >= 11 is 0. The minimum Gasteiger partial charge on any atom is -0.294 e. The van der Waals surface area contributed by atoms with E-state index in [-0.39, 0.29) is 12.0 Å². The Hall–Kier alpha value is -2.03. The lowest BCUT2D eigenvalue weighted by Gasteiger charge is -2.07. The molecule has 0 unspecified atom stereocenters. The van der Waals surface area contributed by atoms with Crippen LogP contribution in [0.5, 0.6) is 0 Å². The number of carbonyl (C=O) groups excluding carboxylic acids is 1. The molecule has 3 heteroatoms. The third kappa shape index (κ3) is 3.10. The van der Waals surface area contributed by atoms with Crippen LogP contribution < -0.4 is 0 Å². The normalized spacial score (nSPS) is 10.6. The van der Waals surface area contributed by atoms with Gasteiger partial charge in [-0.25, -0.2) is 8.78 Å². The summed E-state index contributed by atoms with van der Waals surface area (Å²) in [6, 6.07) is 10.2. The highest BCUT2D eigenvalue weighted by Crippen LogP contribution is 2.19. The number of rotatable bonds is 4. The van der Waals surface area contributed by atoms with Crippen LogP contribution in [0.4, 0.5) is 8.78 Å². The molecule has 0 heterocycles. The third-order valence-corrected chi connectivity index (χ3v) is 3.32. The molecule has 2 rings (SSSR count). The topological polar surface area (TPSA) is 17.1 Å². The fraction of sp³-hybridized carbons (Fsp3) is 0.235. The average Bonchev–Trinajstić information content (AvgIpc) is 2.43. The number of carbonyl (C=O) groups is 1. The predicted molar refractivity (Wildman–Crippen MR) is 74.9 cm³/mol. The Morgan fingerprint density at radius 3 is 2.30 bits per heavy atom. The van der Waals surface area contributed by atoms with Crippen molar-refractivity contribution in [3.05, 3.63) is 70.3 Å². The Bertz CT molecular complexity index is 630. The molecule has 0 saturated carbocycles. The second-order valence-corrected chi connectivity index (χ2v) is 4.96. The highest BCUT2D eigenvalue weighted by molar-refractivity contribution is 5.96. The molecular formula is C17H16F2O. The molecule has 104 valence electrons. The highest BCUT2D eigenvalue weighted by Gasteiger charge is 2.18. The first kappa shape index (κ1) is 14.4. The van der Waals surface area contributed by atoms with E-state index in [9.17, 15) is 13.6 Å². The zero-order chi connectivity index (χ0) is 14.7. The maximum absolute atomic E-state index is 13.8. The number of benzene rings is 2. The molecule has 0 N–H and O–H groups in total. The van der Waals surface area contributed by atoms with Gasteiger partial charge in [-0.05, 0) is 37.5 Å². The number of ketones is 1. The van der Waals surface area contributed by atoms with Crippen LogP contribution in [0.2, 0.25) is 0 Å². The maximum Gasteiger partial charge on any atom is 0.169 e. The first-order valence-electron chi connectivity index (χ1n) is 6.52. The maximum atomic E-state index is 13.8. The largest absolute Gasteiger partial charge is 0.294 e. The van der Waals surface area contributed by atoms with Crippen LogP contribution in [0.15, 0.2) is 36.4 Å². The van der Waals surface area contributed by atoms with Crippen LogP contribution >= 0.6 is 0 Å². The van der Waals surface area contributed by atoms with Gasteiger partial charge in [0.15, 0.2) is 5.78 Å². The van der Waals surface area contributed by atoms with E-state index in [4.69, 9.17) is 0 Å². The zero-order valence-corrected chi connectivity index (χ0v) is 11.5. The summed E-state index contributed by atoms with van der Waals surface area (Å²) in [5.41, 5.74) is 1.98. The Kier molecular flexibility index (Phi) is 4.28. The van der Waals surface area contributed by atoms with Gasteiger partial charge in [-0.2, -0.15) is 0 Å². The van der Waals surface area contributed by atoms with Crippen molar-refractivity contribution in [1.29, 1.82) is 0 Å². The van der Waals surface area contributed by atoms with E-state index in [1.54, 1.807) is 0 Å². The number of hydrogen-bond donors (Lipinski definition) is 0. The molecule has 1 nitrogen and oxygen atoms in total. The Labute approximate surface area is 117 Å². The SMILES string of the molecule is Cc1ccc(CCC(=O)c2c(F)ccc(C)c2F)cc1. The van der Waals surface area contributed by atoms with E-state index in [2.05, 4.69) is 0 Å². The van der Waals surface area contributed by atoms with Gasteiger partial charge in [0.25, 0.3) is 0 Å². The van der Waals surface area contributed by atoms with Crippen molar-refractivity contribution in [2.45, 2.75) is 26.7 Å². The van der Waals surface area contributed by atoms with Crippen molar-refractivity contribution < 1.29 is 13.6 Å². The fourth-order valence-corrected chi connectivity index (χ4v) is 2.05. The zero-order valence-electron chi connectivity index (χ0n) is 11.5. The van der Waals surface area contributed by atoms with Gasteiger partial charge in [0.05, 0.1) is 5.56 Å². The van der Waals surface area contributed by atoms with Gasteiger partial charge in [-0.15, -0.1) is 0 Å². The molecule has 0 spiro atoms. The van der Waals surface area contributed by atoms with Crippen molar-refractivity contribution in [2.75, 3.05) is 0 Å². The van der Waals surface area contributed by atoms with Crippen LogP contribution in [0.25, 0.3) is 0 Å². The second kappa shape index (κ2) is 5.95. The summed E-state index contributed by atoms with van der Waals surface area (Å²) < 4.78 is 27.4. The lowest BCUT2D eigenvalue weighted by atomic mass is 10.00. The number of aryl methyl sites for hydroxylation is 3. The molecule has 0 saturated heterocycles. The molecule has 0 aliphatic carbocycles. The summed E-state index contributed by atoms with van der Waals surface area (Å²) in [6.07, 6.45) is 0.576. The Morgan fingerprint density at radius 1 is 1.00 bits per heavy atom. The molecule has 0 fully saturated rings. The summed E-state index contributed by atoms with van der Waals surface area (Å²) in [6.45, 7) is 3.50. The molecule has 2 aromatic rings. The smallest absolute Gasteiger partial charge is 0.169 e. The summed E-state index contributed by atoms with van der Waals surface area (Å²) in [7, 11) is 0. The van der Waals surface area contributed by atoms with Crippen molar-refractivity contribution in [2.24, 2.45) is 0 Å². The molecule has 0 aliphatic heterocycles. The van der Waals surface area contributed by atoms with Crippen molar-refractivity contribution in [1.82, 2.24) is 0 Å². The van der Waals surface area contributed by atoms with Crippen LogP contribution in [-0.4, -0.2) is 5.78 Å². The predicted octanol–water partition coefficient (Wildman–Crippen LogP) is 4.40. The van der Waals surface area contributed by atoms with Crippen LogP contribution in [0.3, 0.4) is 0 Å². The number of Topliss-reactive ketones (excluding diaryl/α,β-unsaturated/α-hetero) is 1. The quantitative estimate of drug-likeness (QED) is 0.755. The molecule has 0 atom stereocenters. The Morgan fingerprint density at radius 2 is 1.65 bits per heavy atom. The van der Waals surface area contributed by atoms with E-state index in [1.807, 2.05) is 31.2 Å². The first-order chi connectivity index (χ1) is 9.49. The first-order valence-corrected chi connectivity index (χ1v) is 6.52. The van der Waals surface area contributed by atoms with Gasteiger partial charge in [0, 0.05) is 6.42 Å². The summed E-state index contributed by atoms with van der Waals surface area (Å²) in [5, 5.41) is 0. The van der Waals surface area contributed by atoms with E-state index in [0.29, 0.717) is 6.42 Å². The van der Waals surface area contributed by atoms with Crippen LogP contribution in [0.1, 0.15) is 33.5 Å².